The Hall–Kier alpha value is -2.87. The van der Waals surface area contributed by atoms with Crippen LogP contribution in [0, 0.1) is 0 Å². The van der Waals surface area contributed by atoms with E-state index in [1.165, 1.54) is 0 Å². The molecule has 0 N–H and O–H groups in total. The van der Waals surface area contributed by atoms with Crippen molar-refractivity contribution in [3.05, 3.63) is 96.3 Å². The number of hydrogen-bond acceptors (Lipinski definition) is 1. The number of ketones is 1. The van der Waals surface area contributed by atoms with Crippen LogP contribution in [0.15, 0.2) is 85.1 Å². The molecule has 0 saturated carbocycles. The summed E-state index contributed by atoms with van der Waals surface area (Å²) in [5.41, 5.74) is 2.66. The van der Waals surface area contributed by atoms with Gasteiger partial charge >= 0.3 is 0 Å². The van der Waals surface area contributed by atoms with Crippen LogP contribution < -0.4 is 0 Å². The Bertz CT molecular complexity index is 755. The summed E-state index contributed by atoms with van der Waals surface area (Å²) < 4.78 is 1.90. The second kappa shape index (κ2) is 6.06. The van der Waals surface area contributed by atoms with E-state index in [4.69, 9.17) is 0 Å². The number of aromatic nitrogens is 1. The summed E-state index contributed by atoms with van der Waals surface area (Å²) in [5.74, 6) is -0.00675. The van der Waals surface area contributed by atoms with Gasteiger partial charge in [0.1, 0.15) is 0 Å². The summed E-state index contributed by atoms with van der Waals surface area (Å²) in [7, 11) is 0. The summed E-state index contributed by atoms with van der Waals surface area (Å²) in [6.07, 6.45) is 5.35. The van der Waals surface area contributed by atoms with Gasteiger partial charge in [0.05, 0.1) is 5.69 Å². The summed E-state index contributed by atoms with van der Waals surface area (Å²) in [5, 5.41) is 0. The van der Waals surface area contributed by atoms with E-state index >= 15 is 0 Å². The predicted molar refractivity (Wildman–Crippen MR) is 85.6 cm³/mol. The molecule has 0 spiro atoms. The molecule has 2 aromatic carbocycles. The van der Waals surface area contributed by atoms with Gasteiger partial charge in [-0.15, -0.1) is 0 Å². The molecule has 102 valence electrons. The van der Waals surface area contributed by atoms with E-state index in [2.05, 4.69) is 0 Å². The second-order valence-corrected chi connectivity index (χ2v) is 4.71. The molecule has 21 heavy (non-hydrogen) atoms. The Morgan fingerprint density at radius 1 is 0.810 bits per heavy atom. The molecule has 3 rings (SSSR count). The van der Waals surface area contributed by atoms with Crippen LogP contribution in [0.1, 0.15) is 16.1 Å². The highest BCUT2D eigenvalue weighted by Gasteiger charge is 2.08. The first-order chi connectivity index (χ1) is 10.3. The molecule has 0 saturated heterocycles. The molecule has 2 heteroatoms. The molecule has 0 unspecified atom stereocenters. The minimum absolute atomic E-state index is 0.00675. The highest BCUT2D eigenvalue weighted by molar-refractivity contribution is 6.06. The first-order valence-electron chi connectivity index (χ1n) is 6.85. The Morgan fingerprint density at radius 2 is 1.48 bits per heavy atom. The molecule has 0 aliphatic carbocycles. The van der Waals surface area contributed by atoms with Gasteiger partial charge in [-0.2, -0.15) is 0 Å². The van der Waals surface area contributed by atoms with Crippen molar-refractivity contribution in [1.82, 2.24) is 4.57 Å². The molecule has 2 nitrogen and oxygen atoms in total. The zero-order valence-corrected chi connectivity index (χ0v) is 11.5. The van der Waals surface area contributed by atoms with Gasteiger partial charge in [-0.1, -0.05) is 54.6 Å². The van der Waals surface area contributed by atoms with E-state index < -0.39 is 0 Å². The largest absolute Gasteiger partial charge is 0.314 e. The minimum atomic E-state index is -0.00675. The molecule has 1 aromatic heterocycles. The van der Waals surface area contributed by atoms with Crippen LogP contribution in [0.4, 0.5) is 0 Å². The van der Waals surface area contributed by atoms with Crippen LogP contribution in [-0.4, -0.2) is 10.4 Å². The molecule has 0 fully saturated rings. The highest BCUT2D eigenvalue weighted by Crippen LogP contribution is 2.14. The van der Waals surface area contributed by atoms with Crippen LogP contribution >= 0.6 is 0 Å². The summed E-state index contributed by atoms with van der Waals surface area (Å²) in [4.78, 5) is 12.4. The molecule has 0 bridgehead atoms. The van der Waals surface area contributed by atoms with Crippen LogP contribution in [0.5, 0.6) is 0 Å². The lowest BCUT2D eigenvalue weighted by atomic mass is 10.1. The van der Waals surface area contributed by atoms with Gasteiger partial charge in [-0.25, -0.2) is 0 Å². The van der Waals surface area contributed by atoms with Gasteiger partial charge in [0.2, 0.25) is 5.78 Å². The fraction of sp³-hybridized carbons (Fsp3) is 0. The number of carbonyl (C=O) groups excluding carboxylic acids is 1. The maximum Gasteiger partial charge on any atom is 0.202 e. The van der Waals surface area contributed by atoms with Crippen LogP contribution in [0.2, 0.25) is 0 Å². The third-order valence-electron chi connectivity index (χ3n) is 3.26. The number of benzene rings is 2. The van der Waals surface area contributed by atoms with Crippen molar-refractivity contribution in [1.29, 1.82) is 0 Å². The average molecular weight is 273 g/mol. The standard InChI is InChI=1S/C19H15NO/c21-19(14-13-16-8-3-1-4-9-16)18-12-7-15-20(18)17-10-5-2-6-11-17/h1-15H/b14-13+. The van der Waals surface area contributed by atoms with Crippen molar-refractivity contribution >= 4 is 11.9 Å². The lowest BCUT2D eigenvalue weighted by Crippen LogP contribution is -2.04. The Balaban J connectivity index is 1.87. The first kappa shape index (κ1) is 13.1. The van der Waals surface area contributed by atoms with Crippen molar-refractivity contribution < 1.29 is 4.79 Å². The molecule has 3 aromatic rings. The number of rotatable bonds is 4. The van der Waals surface area contributed by atoms with Gasteiger partial charge in [-0.3, -0.25) is 4.79 Å². The van der Waals surface area contributed by atoms with Crippen molar-refractivity contribution in [2.75, 3.05) is 0 Å². The normalized spacial score (nSPS) is 10.9. The number of nitrogens with zero attached hydrogens (tertiary/aromatic N) is 1. The monoisotopic (exact) mass is 273 g/mol. The molecule has 0 radical (unpaired) electrons. The van der Waals surface area contributed by atoms with E-state index in [-0.39, 0.29) is 5.78 Å². The molecule has 1 heterocycles. The van der Waals surface area contributed by atoms with Gasteiger partial charge < -0.3 is 4.57 Å². The Kier molecular flexibility index (Phi) is 3.79. The first-order valence-corrected chi connectivity index (χ1v) is 6.85. The third-order valence-corrected chi connectivity index (χ3v) is 3.26. The molecule has 0 aliphatic rings. The topological polar surface area (TPSA) is 22.0 Å². The quantitative estimate of drug-likeness (QED) is 0.511. The lowest BCUT2D eigenvalue weighted by molar-refractivity contribution is 0.104. The number of para-hydroxylation sites is 1. The fourth-order valence-electron chi connectivity index (χ4n) is 2.22. The number of carbonyl (C=O) groups is 1. The van der Waals surface area contributed by atoms with E-state index in [1.54, 1.807) is 6.08 Å². The highest BCUT2D eigenvalue weighted by atomic mass is 16.1. The Labute approximate surface area is 124 Å². The summed E-state index contributed by atoms with van der Waals surface area (Å²) >= 11 is 0. The molecular formula is C19H15NO. The van der Waals surface area contributed by atoms with Crippen molar-refractivity contribution in [3.63, 3.8) is 0 Å². The zero-order valence-electron chi connectivity index (χ0n) is 11.5. The van der Waals surface area contributed by atoms with Crippen LogP contribution in [0.25, 0.3) is 11.8 Å². The molecule has 0 atom stereocenters. The Morgan fingerprint density at radius 3 is 2.19 bits per heavy atom. The third kappa shape index (κ3) is 3.00. The summed E-state index contributed by atoms with van der Waals surface area (Å²) in [6, 6.07) is 23.4. The fourth-order valence-corrected chi connectivity index (χ4v) is 2.22. The van der Waals surface area contributed by atoms with Crippen molar-refractivity contribution in [2.24, 2.45) is 0 Å². The number of hydrogen-bond donors (Lipinski definition) is 0. The zero-order chi connectivity index (χ0) is 14.5. The SMILES string of the molecule is O=C(/C=C/c1ccccc1)c1cccn1-c1ccccc1. The van der Waals surface area contributed by atoms with Gasteiger partial charge in [0.25, 0.3) is 0 Å². The minimum Gasteiger partial charge on any atom is -0.314 e. The average Bonchev–Trinajstić information content (AvgIpc) is 3.04. The van der Waals surface area contributed by atoms with E-state index in [0.717, 1.165) is 11.3 Å². The lowest BCUT2D eigenvalue weighted by Gasteiger charge is -2.06. The maximum absolute atomic E-state index is 12.4. The predicted octanol–water partition coefficient (Wildman–Crippen LogP) is 4.37. The van der Waals surface area contributed by atoms with Crippen molar-refractivity contribution in [2.45, 2.75) is 0 Å². The van der Waals surface area contributed by atoms with Gasteiger partial charge in [-0.05, 0) is 35.9 Å². The second-order valence-electron chi connectivity index (χ2n) is 4.71. The van der Waals surface area contributed by atoms with E-state index in [1.807, 2.05) is 89.6 Å². The van der Waals surface area contributed by atoms with Crippen molar-refractivity contribution in [3.8, 4) is 5.69 Å². The van der Waals surface area contributed by atoms with Gasteiger partial charge in [0.15, 0.2) is 0 Å². The van der Waals surface area contributed by atoms with E-state index in [9.17, 15) is 4.79 Å². The molecule has 0 aliphatic heterocycles. The molecular weight excluding hydrogens is 258 g/mol. The van der Waals surface area contributed by atoms with Crippen LogP contribution in [0.3, 0.4) is 0 Å². The van der Waals surface area contributed by atoms with Gasteiger partial charge in [0, 0.05) is 11.9 Å². The smallest absolute Gasteiger partial charge is 0.202 e. The molecule has 0 amide bonds. The van der Waals surface area contributed by atoms with E-state index in [0.29, 0.717) is 5.69 Å². The number of allylic oxidation sites excluding steroid dienone is 1. The van der Waals surface area contributed by atoms with Crippen LogP contribution in [-0.2, 0) is 0 Å². The maximum atomic E-state index is 12.4. The summed E-state index contributed by atoms with van der Waals surface area (Å²) in [6.45, 7) is 0.